The van der Waals surface area contributed by atoms with E-state index in [1.165, 1.54) is 19.4 Å². The van der Waals surface area contributed by atoms with E-state index in [-0.39, 0.29) is 0 Å². The predicted molar refractivity (Wildman–Crippen MR) is 94.7 cm³/mol. The van der Waals surface area contributed by atoms with E-state index in [2.05, 4.69) is 29.4 Å². The lowest BCUT2D eigenvalue weighted by Crippen LogP contribution is -2.40. The van der Waals surface area contributed by atoms with Gasteiger partial charge in [0.25, 0.3) is 0 Å². The fraction of sp³-hybridized carbons (Fsp3) is 0.882. The molecule has 2 aliphatic rings. The Morgan fingerprint density at radius 2 is 2.13 bits per heavy atom. The van der Waals surface area contributed by atoms with E-state index in [1.54, 1.807) is 0 Å². The van der Waals surface area contributed by atoms with Gasteiger partial charge >= 0.3 is 0 Å². The largest absolute Gasteiger partial charge is 0.357 e. The van der Waals surface area contributed by atoms with Gasteiger partial charge in [0.05, 0.1) is 6.54 Å². The topological polar surface area (TPSA) is 60.0 Å². The summed E-state index contributed by atoms with van der Waals surface area (Å²) in [5.74, 6) is 1.22. The minimum absolute atomic E-state index is 0.312. The lowest BCUT2D eigenvalue weighted by Gasteiger charge is -2.21. The SMILES string of the molecule is CCNC(=NCC1CCCN1CC)NCCCN1CCCC1=O. The number of nitrogens with one attached hydrogen (secondary N) is 2. The molecule has 0 aromatic heterocycles. The Bertz CT molecular complexity index is 398. The van der Waals surface area contributed by atoms with Crippen molar-refractivity contribution in [3.05, 3.63) is 0 Å². The third kappa shape index (κ3) is 5.68. The minimum Gasteiger partial charge on any atom is -0.357 e. The molecule has 2 aliphatic heterocycles. The molecule has 2 fully saturated rings. The van der Waals surface area contributed by atoms with Crippen LogP contribution in [0.15, 0.2) is 4.99 Å². The quantitative estimate of drug-likeness (QED) is 0.398. The van der Waals surface area contributed by atoms with Crippen LogP contribution in [0.1, 0.15) is 46.0 Å². The number of aliphatic imine (C=N–C) groups is 1. The third-order valence-electron chi connectivity index (χ3n) is 4.78. The summed E-state index contributed by atoms with van der Waals surface area (Å²) in [6, 6.07) is 0.595. The van der Waals surface area contributed by atoms with Gasteiger partial charge in [-0.3, -0.25) is 14.7 Å². The zero-order chi connectivity index (χ0) is 16.5. The van der Waals surface area contributed by atoms with Crippen molar-refractivity contribution in [3.8, 4) is 0 Å². The second-order valence-electron chi connectivity index (χ2n) is 6.41. The van der Waals surface area contributed by atoms with Gasteiger partial charge < -0.3 is 15.5 Å². The lowest BCUT2D eigenvalue weighted by molar-refractivity contribution is -0.127. The molecule has 132 valence electrons. The second kappa shape index (κ2) is 9.75. The van der Waals surface area contributed by atoms with E-state index in [9.17, 15) is 4.79 Å². The van der Waals surface area contributed by atoms with Gasteiger partial charge in [-0.25, -0.2) is 0 Å². The molecule has 0 spiro atoms. The van der Waals surface area contributed by atoms with Crippen molar-refractivity contribution in [1.29, 1.82) is 0 Å². The number of likely N-dealkylation sites (tertiary alicyclic amines) is 2. The highest BCUT2D eigenvalue weighted by atomic mass is 16.2. The van der Waals surface area contributed by atoms with Crippen molar-refractivity contribution in [2.45, 2.75) is 52.0 Å². The van der Waals surface area contributed by atoms with Crippen molar-refractivity contribution < 1.29 is 4.79 Å². The molecule has 0 aliphatic carbocycles. The summed E-state index contributed by atoms with van der Waals surface area (Å²) < 4.78 is 0. The van der Waals surface area contributed by atoms with Crippen LogP contribution in [-0.4, -0.2) is 73.5 Å². The highest BCUT2D eigenvalue weighted by Crippen LogP contribution is 2.16. The van der Waals surface area contributed by atoms with Crippen molar-refractivity contribution >= 4 is 11.9 Å². The highest BCUT2D eigenvalue weighted by molar-refractivity contribution is 5.79. The zero-order valence-corrected chi connectivity index (χ0v) is 14.8. The molecule has 1 unspecified atom stereocenters. The molecule has 1 amide bonds. The summed E-state index contributed by atoms with van der Waals surface area (Å²) in [6.07, 6.45) is 5.27. The van der Waals surface area contributed by atoms with Crippen LogP contribution >= 0.6 is 0 Å². The predicted octanol–water partition coefficient (Wildman–Crippen LogP) is 1.04. The summed E-state index contributed by atoms with van der Waals surface area (Å²) in [4.78, 5) is 20.8. The fourth-order valence-electron chi connectivity index (χ4n) is 3.47. The van der Waals surface area contributed by atoms with Gasteiger partial charge in [0.15, 0.2) is 5.96 Å². The first-order chi connectivity index (χ1) is 11.2. The van der Waals surface area contributed by atoms with Crippen LogP contribution in [0.4, 0.5) is 0 Å². The van der Waals surface area contributed by atoms with Gasteiger partial charge in [-0.1, -0.05) is 6.92 Å². The Hall–Kier alpha value is -1.30. The molecular weight excluding hydrogens is 290 g/mol. The summed E-state index contributed by atoms with van der Waals surface area (Å²) in [6.45, 7) is 11.0. The average Bonchev–Trinajstić information content (AvgIpc) is 3.17. The molecule has 2 saturated heterocycles. The van der Waals surface area contributed by atoms with Crippen LogP contribution in [0.5, 0.6) is 0 Å². The zero-order valence-electron chi connectivity index (χ0n) is 14.8. The molecule has 2 rings (SSSR count). The third-order valence-corrected chi connectivity index (χ3v) is 4.78. The molecule has 0 radical (unpaired) electrons. The lowest BCUT2D eigenvalue weighted by atomic mass is 10.2. The Labute approximate surface area is 140 Å². The smallest absolute Gasteiger partial charge is 0.222 e. The van der Waals surface area contributed by atoms with Gasteiger partial charge in [-0.15, -0.1) is 0 Å². The standard InChI is InChI=1S/C17H33N5O/c1-3-18-17(20-14-15-8-5-11-21(15)4-2)19-10-7-13-22-12-6-9-16(22)23/h15H,3-14H2,1-2H3,(H2,18,19,20). The number of nitrogens with zero attached hydrogens (tertiary/aromatic N) is 3. The van der Waals surface area contributed by atoms with Gasteiger partial charge in [0.2, 0.25) is 5.91 Å². The molecule has 6 nitrogen and oxygen atoms in total. The minimum atomic E-state index is 0.312. The maximum atomic E-state index is 11.6. The van der Waals surface area contributed by atoms with Crippen LogP contribution in [-0.2, 0) is 4.79 Å². The normalized spacial score (nSPS) is 22.9. The summed E-state index contributed by atoms with van der Waals surface area (Å²) in [5.41, 5.74) is 0. The number of rotatable bonds is 8. The number of carbonyl (C=O) groups is 1. The first kappa shape index (κ1) is 18.0. The van der Waals surface area contributed by atoms with Crippen LogP contribution in [0.2, 0.25) is 0 Å². The Kier molecular flexibility index (Phi) is 7.65. The Morgan fingerprint density at radius 1 is 1.26 bits per heavy atom. The summed E-state index contributed by atoms with van der Waals surface area (Å²) in [7, 11) is 0. The monoisotopic (exact) mass is 323 g/mol. The first-order valence-corrected chi connectivity index (χ1v) is 9.28. The average molecular weight is 323 g/mol. The summed E-state index contributed by atoms with van der Waals surface area (Å²) in [5, 5.41) is 6.72. The molecule has 0 saturated carbocycles. The van der Waals surface area contributed by atoms with E-state index in [4.69, 9.17) is 4.99 Å². The van der Waals surface area contributed by atoms with Crippen molar-refractivity contribution in [2.75, 3.05) is 45.8 Å². The highest BCUT2D eigenvalue weighted by Gasteiger charge is 2.22. The number of carbonyl (C=O) groups excluding carboxylic acids is 1. The summed E-state index contributed by atoms with van der Waals surface area (Å²) >= 11 is 0. The maximum absolute atomic E-state index is 11.6. The van der Waals surface area contributed by atoms with Gasteiger partial charge in [-0.05, 0) is 45.7 Å². The van der Waals surface area contributed by atoms with Crippen LogP contribution in [0, 0.1) is 0 Å². The molecule has 2 heterocycles. The number of amides is 1. The number of hydrogen-bond acceptors (Lipinski definition) is 3. The van der Waals surface area contributed by atoms with Gasteiger partial charge in [0.1, 0.15) is 0 Å². The first-order valence-electron chi connectivity index (χ1n) is 9.28. The number of guanidine groups is 1. The Morgan fingerprint density at radius 3 is 2.83 bits per heavy atom. The van der Waals surface area contributed by atoms with E-state index < -0.39 is 0 Å². The van der Waals surface area contributed by atoms with Crippen LogP contribution in [0.25, 0.3) is 0 Å². The van der Waals surface area contributed by atoms with E-state index in [0.29, 0.717) is 11.9 Å². The molecular formula is C17H33N5O. The van der Waals surface area contributed by atoms with Gasteiger partial charge in [0, 0.05) is 38.6 Å². The molecule has 2 N–H and O–H groups in total. The van der Waals surface area contributed by atoms with E-state index in [1.807, 2.05) is 4.90 Å². The molecule has 0 bridgehead atoms. The second-order valence-corrected chi connectivity index (χ2v) is 6.41. The number of hydrogen-bond donors (Lipinski definition) is 2. The van der Waals surface area contributed by atoms with Crippen molar-refractivity contribution in [2.24, 2.45) is 4.99 Å². The van der Waals surface area contributed by atoms with E-state index in [0.717, 1.165) is 64.5 Å². The fourth-order valence-corrected chi connectivity index (χ4v) is 3.47. The molecule has 23 heavy (non-hydrogen) atoms. The maximum Gasteiger partial charge on any atom is 0.222 e. The molecule has 1 atom stereocenters. The van der Waals surface area contributed by atoms with Crippen LogP contribution < -0.4 is 10.6 Å². The molecule has 6 heteroatoms. The Balaban J connectivity index is 1.70. The van der Waals surface area contributed by atoms with Crippen LogP contribution in [0.3, 0.4) is 0 Å². The molecule has 0 aromatic carbocycles. The molecule has 0 aromatic rings. The van der Waals surface area contributed by atoms with Gasteiger partial charge in [-0.2, -0.15) is 0 Å². The number of likely N-dealkylation sites (N-methyl/N-ethyl adjacent to an activating group) is 1. The van der Waals surface area contributed by atoms with Crippen molar-refractivity contribution in [3.63, 3.8) is 0 Å². The van der Waals surface area contributed by atoms with Crippen molar-refractivity contribution in [1.82, 2.24) is 20.4 Å². The van der Waals surface area contributed by atoms with E-state index >= 15 is 0 Å².